The van der Waals surface area contributed by atoms with Crippen LogP contribution < -0.4 is 10.1 Å². The van der Waals surface area contributed by atoms with Gasteiger partial charge in [0.25, 0.3) is 5.91 Å². The fourth-order valence-electron chi connectivity index (χ4n) is 4.54. The molecule has 2 aliphatic rings. The van der Waals surface area contributed by atoms with E-state index in [4.69, 9.17) is 4.42 Å². The molecule has 0 spiro atoms. The SMILES string of the molecule is O=C1CCC(N2Cc3c(CCc4cnc(-c5ccc(OC(F)(F)F)cc5)o4)cc(F)cc3C2=O)C(=O)N1. The molecule has 0 radical (unpaired) electrons. The zero-order valence-electron chi connectivity index (χ0n) is 19.1. The molecule has 1 aromatic heterocycles. The van der Waals surface area contributed by atoms with Gasteiger partial charge in [-0.1, -0.05) is 0 Å². The molecule has 0 saturated carbocycles. The third-order valence-corrected chi connectivity index (χ3v) is 6.24. The lowest BCUT2D eigenvalue weighted by Crippen LogP contribution is -2.52. The molecule has 0 aliphatic carbocycles. The predicted octanol–water partition coefficient (Wildman–Crippen LogP) is 3.93. The topological polar surface area (TPSA) is 102 Å². The second-order valence-electron chi connectivity index (χ2n) is 8.69. The molecule has 3 heterocycles. The molecule has 12 heteroatoms. The summed E-state index contributed by atoms with van der Waals surface area (Å²) in [6.45, 7) is 0.115. The number of nitrogens with zero attached hydrogens (tertiary/aromatic N) is 2. The van der Waals surface area contributed by atoms with E-state index in [1.165, 1.54) is 29.3 Å². The number of rotatable bonds is 6. The van der Waals surface area contributed by atoms with Crippen molar-refractivity contribution in [2.75, 3.05) is 0 Å². The summed E-state index contributed by atoms with van der Waals surface area (Å²) >= 11 is 0. The standard InChI is InChI=1S/C25H19F4N3O5/c26-15-9-14(19-12-32(24(35)18(19)10-15)20-7-8-21(33)31-22(20)34)3-6-17-11-30-23(36-17)13-1-4-16(5-2-13)37-25(27,28)29/h1-2,4-5,9-11,20H,3,6-8,12H2,(H,31,33,34). The molecule has 1 unspecified atom stereocenters. The minimum atomic E-state index is -4.79. The molecular formula is C25H19F4N3O5. The largest absolute Gasteiger partial charge is 0.573 e. The lowest BCUT2D eigenvalue weighted by molar-refractivity contribution is -0.274. The summed E-state index contributed by atoms with van der Waals surface area (Å²) in [5.41, 5.74) is 1.80. The zero-order valence-corrected chi connectivity index (χ0v) is 19.1. The Morgan fingerprint density at radius 3 is 2.57 bits per heavy atom. The van der Waals surface area contributed by atoms with Gasteiger partial charge in [0, 0.05) is 30.5 Å². The first-order valence-electron chi connectivity index (χ1n) is 11.3. The monoisotopic (exact) mass is 517 g/mol. The fourth-order valence-corrected chi connectivity index (χ4v) is 4.54. The summed E-state index contributed by atoms with van der Waals surface area (Å²) in [6, 6.07) is 6.72. The second-order valence-corrected chi connectivity index (χ2v) is 8.69. The molecule has 1 N–H and O–H groups in total. The number of benzene rings is 2. The van der Waals surface area contributed by atoms with Gasteiger partial charge in [0.05, 0.1) is 6.20 Å². The van der Waals surface area contributed by atoms with Crippen molar-refractivity contribution in [1.82, 2.24) is 15.2 Å². The molecule has 3 amide bonds. The molecule has 0 bridgehead atoms. The van der Waals surface area contributed by atoms with E-state index in [2.05, 4.69) is 15.0 Å². The van der Waals surface area contributed by atoms with Gasteiger partial charge in [0.15, 0.2) is 0 Å². The van der Waals surface area contributed by atoms with E-state index in [0.717, 1.165) is 18.2 Å². The highest BCUT2D eigenvalue weighted by Crippen LogP contribution is 2.32. The fraction of sp³-hybridized carbons (Fsp3) is 0.280. The number of nitrogens with one attached hydrogen (secondary N) is 1. The summed E-state index contributed by atoms with van der Waals surface area (Å²) < 4.78 is 61.0. The van der Waals surface area contributed by atoms with Crippen molar-refractivity contribution >= 4 is 17.7 Å². The first-order chi connectivity index (χ1) is 17.6. The van der Waals surface area contributed by atoms with E-state index in [1.54, 1.807) is 0 Å². The Labute approximate surface area is 207 Å². The van der Waals surface area contributed by atoms with Crippen LogP contribution in [0.3, 0.4) is 0 Å². The van der Waals surface area contributed by atoms with Crippen LogP contribution in [-0.2, 0) is 29.0 Å². The van der Waals surface area contributed by atoms with Crippen LogP contribution in [-0.4, -0.2) is 40.0 Å². The minimum Gasteiger partial charge on any atom is -0.441 e. The Balaban J connectivity index is 1.29. The summed E-state index contributed by atoms with van der Waals surface area (Å²) in [4.78, 5) is 42.2. The second kappa shape index (κ2) is 9.34. The van der Waals surface area contributed by atoms with Crippen molar-refractivity contribution in [3.8, 4) is 17.2 Å². The third kappa shape index (κ3) is 5.18. The Morgan fingerprint density at radius 2 is 1.86 bits per heavy atom. The molecule has 5 rings (SSSR count). The lowest BCUT2D eigenvalue weighted by atomic mass is 9.98. The van der Waals surface area contributed by atoms with E-state index in [-0.39, 0.29) is 36.6 Å². The maximum absolute atomic E-state index is 14.4. The van der Waals surface area contributed by atoms with Crippen molar-refractivity contribution in [1.29, 1.82) is 0 Å². The summed E-state index contributed by atoms with van der Waals surface area (Å²) in [5, 5.41) is 2.23. The average Bonchev–Trinajstić information content (AvgIpc) is 3.42. The Kier molecular flexibility index (Phi) is 6.18. The highest BCUT2D eigenvalue weighted by molar-refractivity contribution is 6.05. The number of hydrogen-bond donors (Lipinski definition) is 1. The quantitative estimate of drug-likeness (QED) is 0.393. The van der Waals surface area contributed by atoms with Crippen LogP contribution in [0.5, 0.6) is 5.75 Å². The van der Waals surface area contributed by atoms with Crippen LogP contribution >= 0.6 is 0 Å². The van der Waals surface area contributed by atoms with Gasteiger partial charge in [-0.3, -0.25) is 19.7 Å². The molecule has 1 saturated heterocycles. The number of oxazole rings is 1. The van der Waals surface area contributed by atoms with Crippen molar-refractivity contribution in [3.05, 3.63) is 70.9 Å². The van der Waals surface area contributed by atoms with Crippen molar-refractivity contribution in [2.24, 2.45) is 0 Å². The molecule has 192 valence electrons. The number of piperidine rings is 1. The third-order valence-electron chi connectivity index (χ3n) is 6.24. The van der Waals surface area contributed by atoms with E-state index in [1.807, 2.05) is 0 Å². The maximum atomic E-state index is 14.4. The van der Waals surface area contributed by atoms with E-state index in [0.29, 0.717) is 35.3 Å². The van der Waals surface area contributed by atoms with E-state index >= 15 is 0 Å². The van der Waals surface area contributed by atoms with E-state index < -0.39 is 35.9 Å². The number of imide groups is 1. The van der Waals surface area contributed by atoms with Crippen LogP contribution in [0, 0.1) is 5.82 Å². The summed E-state index contributed by atoms with van der Waals surface area (Å²) in [6.07, 6.45) is -2.39. The van der Waals surface area contributed by atoms with Crippen molar-refractivity contribution in [2.45, 2.75) is 44.6 Å². The Bertz CT molecular complexity index is 1380. The highest BCUT2D eigenvalue weighted by atomic mass is 19.4. The molecule has 8 nitrogen and oxygen atoms in total. The van der Waals surface area contributed by atoms with Gasteiger partial charge in [-0.25, -0.2) is 9.37 Å². The number of fused-ring (bicyclic) bond motifs is 1. The first-order valence-corrected chi connectivity index (χ1v) is 11.3. The zero-order chi connectivity index (χ0) is 26.3. The molecule has 3 aromatic rings. The first kappa shape index (κ1) is 24.5. The Hall–Kier alpha value is -4.22. The smallest absolute Gasteiger partial charge is 0.441 e. The normalized spacial score (nSPS) is 17.7. The van der Waals surface area contributed by atoms with Crippen LogP contribution in [0.15, 0.2) is 47.0 Å². The summed E-state index contributed by atoms with van der Waals surface area (Å²) in [5.74, 6) is -1.73. The number of halogens is 4. The van der Waals surface area contributed by atoms with Gasteiger partial charge in [-0.05, 0) is 60.4 Å². The van der Waals surface area contributed by atoms with Crippen LogP contribution in [0.25, 0.3) is 11.5 Å². The molecule has 37 heavy (non-hydrogen) atoms. The average molecular weight is 517 g/mol. The number of aryl methyl sites for hydroxylation is 2. The molecule has 2 aliphatic heterocycles. The van der Waals surface area contributed by atoms with Gasteiger partial charge in [-0.2, -0.15) is 0 Å². The predicted molar refractivity (Wildman–Crippen MR) is 118 cm³/mol. The van der Waals surface area contributed by atoms with Gasteiger partial charge >= 0.3 is 6.36 Å². The lowest BCUT2D eigenvalue weighted by Gasteiger charge is -2.29. The molecule has 1 fully saturated rings. The number of aromatic nitrogens is 1. The minimum absolute atomic E-state index is 0.115. The van der Waals surface area contributed by atoms with Gasteiger partial charge in [0.1, 0.15) is 23.4 Å². The number of alkyl halides is 3. The summed E-state index contributed by atoms with van der Waals surface area (Å²) in [7, 11) is 0. The van der Waals surface area contributed by atoms with Gasteiger partial charge < -0.3 is 14.1 Å². The van der Waals surface area contributed by atoms with Gasteiger partial charge in [-0.15, -0.1) is 13.2 Å². The van der Waals surface area contributed by atoms with Gasteiger partial charge in [0.2, 0.25) is 17.7 Å². The molecule has 1 atom stereocenters. The molecule has 2 aromatic carbocycles. The number of amides is 3. The van der Waals surface area contributed by atoms with Crippen molar-refractivity contribution in [3.63, 3.8) is 0 Å². The number of ether oxygens (including phenoxy) is 1. The van der Waals surface area contributed by atoms with E-state index in [9.17, 15) is 31.9 Å². The maximum Gasteiger partial charge on any atom is 0.573 e. The van der Waals surface area contributed by atoms with Crippen LogP contribution in [0.4, 0.5) is 17.6 Å². The van der Waals surface area contributed by atoms with Crippen molar-refractivity contribution < 1.29 is 41.1 Å². The highest BCUT2D eigenvalue weighted by Gasteiger charge is 2.40. The Morgan fingerprint density at radius 1 is 1.11 bits per heavy atom. The van der Waals surface area contributed by atoms with Crippen LogP contribution in [0.2, 0.25) is 0 Å². The molecular weight excluding hydrogens is 498 g/mol. The number of hydrogen-bond acceptors (Lipinski definition) is 6. The van der Waals surface area contributed by atoms with Crippen LogP contribution in [0.1, 0.15) is 40.1 Å². The number of carbonyl (C=O) groups is 3. The number of carbonyl (C=O) groups excluding carboxylic acids is 3.